The lowest BCUT2D eigenvalue weighted by Gasteiger charge is -2.30. The van der Waals surface area contributed by atoms with E-state index in [0.717, 1.165) is 46.8 Å². The zero-order valence-electron chi connectivity index (χ0n) is 18.6. The van der Waals surface area contributed by atoms with E-state index in [0.29, 0.717) is 19.6 Å². The molecule has 32 heavy (non-hydrogen) atoms. The quantitative estimate of drug-likeness (QED) is 0.611. The lowest BCUT2D eigenvalue weighted by Crippen LogP contribution is -2.36. The van der Waals surface area contributed by atoms with Crippen molar-refractivity contribution >= 4 is 22.1 Å². The molecule has 0 saturated carbocycles. The van der Waals surface area contributed by atoms with Crippen molar-refractivity contribution in [2.45, 2.75) is 33.3 Å². The largest absolute Gasteiger partial charge is 0.392 e. The molecule has 2 aromatic heterocycles. The highest BCUT2D eigenvalue weighted by atomic mass is 32.1. The van der Waals surface area contributed by atoms with E-state index in [4.69, 9.17) is 4.74 Å². The van der Waals surface area contributed by atoms with E-state index < -0.39 is 0 Å². The van der Waals surface area contributed by atoms with Crippen molar-refractivity contribution in [3.63, 3.8) is 0 Å². The van der Waals surface area contributed by atoms with Gasteiger partial charge in [0.05, 0.1) is 35.4 Å². The zero-order valence-corrected chi connectivity index (χ0v) is 19.4. The Hall–Kier alpha value is -2.54. The maximum Gasteiger partial charge on any atom is 0.173 e. The van der Waals surface area contributed by atoms with Crippen LogP contribution in [0.5, 0.6) is 0 Å². The number of thiophene rings is 1. The average molecular weight is 449 g/mol. The van der Waals surface area contributed by atoms with E-state index in [-0.39, 0.29) is 17.8 Å². The van der Waals surface area contributed by atoms with Crippen LogP contribution in [-0.4, -0.2) is 42.2 Å². The van der Waals surface area contributed by atoms with Crippen LogP contribution in [0.1, 0.15) is 41.1 Å². The molecule has 1 aromatic carbocycles. The summed E-state index contributed by atoms with van der Waals surface area (Å²) >= 11 is 1.65. The van der Waals surface area contributed by atoms with Gasteiger partial charge in [-0.2, -0.15) is 0 Å². The number of carbonyl (C=O) groups is 1. The van der Waals surface area contributed by atoms with E-state index in [1.165, 1.54) is 16.1 Å². The van der Waals surface area contributed by atoms with Crippen LogP contribution in [0.2, 0.25) is 0 Å². The second-order valence-electron chi connectivity index (χ2n) is 9.42. The van der Waals surface area contributed by atoms with Crippen molar-refractivity contribution in [1.29, 1.82) is 0 Å². The molecule has 0 amide bonds. The summed E-state index contributed by atoms with van der Waals surface area (Å²) in [4.78, 5) is 21.0. The van der Waals surface area contributed by atoms with Crippen LogP contribution in [0.4, 0.5) is 5.00 Å². The third-order valence-electron chi connectivity index (χ3n) is 6.32. The molecule has 1 aliphatic carbocycles. The Morgan fingerprint density at radius 3 is 2.56 bits per heavy atom. The molecule has 1 saturated heterocycles. The number of Topliss-reactive ketones (excluding diaryl/α,β-unsaturated/α-hetero) is 1. The molecule has 1 N–H and O–H groups in total. The number of aliphatic hydroxyl groups excluding tert-OH is 1. The molecule has 5 rings (SSSR count). The highest BCUT2D eigenvalue weighted by Gasteiger charge is 2.37. The number of anilines is 1. The normalized spacial score (nSPS) is 18.0. The highest BCUT2D eigenvalue weighted by molar-refractivity contribution is 7.19. The van der Waals surface area contributed by atoms with Gasteiger partial charge in [-0.1, -0.05) is 38.1 Å². The number of hydrogen-bond donors (Lipinski definition) is 1. The minimum absolute atomic E-state index is 0.0293. The molecule has 5 nitrogen and oxygen atoms in total. The Morgan fingerprint density at radius 2 is 1.84 bits per heavy atom. The van der Waals surface area contributed by atoms with Crippen LogP contribution in [0.25, 0.3) is 22.4 Å². The van der Waals surface area contributed by atoms with Gasteiger partial charge in [0.15, 0.2) is 5.78 Å². The van der Waals surface area contributed by atoms with E-state index >= 15 is 0 Å². The summed E-state index contributed by atoms with van der Waals surface area (Å²) in [5.41, 5.74) is 6.21. The van der Waals surface area contributed by atoms with E-state index in [1.807, 2.05) is 30.5 Å². The van der Waals surface area contributed by atoms with Crippen LogP contribution < -0.4 is 4.90 Å². The van der Waals surface area contributed by atoms with Crippen molar-refractivity contribution in [3.8, 4) is 22.4 Å². The second kappa shape index (κ2) is 8.43. The van der Waals surface area contributed by atoms with Crippen molar-refractivity contribution in [2.75, 3.05) is 31.2 Å². The standard InChI is InChI=1S/C26H28N2O3S/c1-26(2)14-20-23(25(28-9-11-31-12-10-28)32-24(20)22(30)15-26)19-7-8-27-21(13-19)18-5-3-17(16-29)4-6-18/h3-8,13,29H,9-12,14-16H2,1-2H3. The van der Waals surface area contributed by atoms with Gasteiger partial charge in [-0.3, -0.25) is 9.78 Å². The number of aliphatic hydroxyl groups is 1. The predicted molar refractivity (Wildman–Crippen MR) is 128 cm³/mol. The third-order valence-corrected chi connectivity index (χ3v) is 7.65. The second-order valence-corrected chi connectivity index (χ2v) is 10.4. The van der Waals surface area contributed by atoms with Gasteiger partial charge in [0.1, 0.15) is 0 Å². The zero-order chi connectivity index (χ0) is 22.3. The summed E-state index contributed by atoms with van der Waals surface area (Å²) in [6.07, 6.45) is 3.35. The number of benzene rings is 1. The summed E-state index contributed by atoms with van der Waals surface area (Å²) in [5.74, 6) is 0.260. The van der Waals surface area contributed by atoms with Crippen LogP contribution in [-0.2, 0) is 17.8 Å². The molecule has 166 valence electrons. The molecule has 1 fully saturated rings. The number of hydrogen-bond acceptors (Lipinski definition) is 6. The van der Waals surface area contributed by atoms with Gasteiger partial charge >= 0.3 is 0 Å². The van der Waals surface area contributed by atoms with Crippen LogP contribution in [0.15, 0.2) is 42.6 Å². The number of pyridine rings is 1. The molecular formula is C26H28N2O3S. The lowest BCUT2D eigenvalue weighted by atomic mass is 9.75. The number of ether oxygens (including phenoxy) is 1. The van der Waals surface area contributed by atoms with Gasteiger partial charge < -0.3 is 14.7 Å². The number of fused-ring (bicyclic) bond motifs is 1. The summed E-state index contributed by atoms with van der Waals surface area (Å²) in [6, 6.07) is 12.0. The fourth-order valence-corrected chi connectivity index (χ4v) is 6.04. The molecule has 0 spiro atoms. The SMILES string of the molecule is CC1(C)CC(=O)c2sc(N3CCOCC3)c(-c3ccnc(-c4ccc(CO)cc4)c3)c2C1. The van der Waals surface area contributed by atoms with Crippen molar-refractivity contribution < 1.29 is 14.6 Å². The Morgan fingerprint density at radius 1 is 1.09 bits per heavy atom. The molecule has 0 atom stereocenters. The van der Waals surface area contributed by atoms with E-state index in [9.17, 15) is 9.90 Å². The molecule has 2 aliphatic rings. The molecule has 0 bridgehead atoms. The monoisotopic (exact) mass is 448 g/mol. The fourth-order valence-electron chi connectivity index (χ4n) is 4.71. The molecule has 1 aliphatic heterocycles. The summed E-state index contributed by atoms with van der Waals surface area (Å²) in [6.45, 7) is 7.49. The number of nitrogens with zero attached hydrogens (tertiary/aromatic N) is 2. The minimum atomic E-state index is -0.0435. The number of rotatable bonds is 4. The first-order valence-corrected chi connectivity index (χ1v) is 11.9. The van der Waals surface area contributed by atoms with E-state index in [2.05, 4.69) is 35.9 Å². The summed E-state index contributed by atoms with van der Waals surface area (Å²) < 4.78 is 5.59. The smallest absolute Gasteiger partial charge is 0.173 e. The van der Waals surface area contributed by atoms with Crippen molar-refractivity contribution in [2.24, 2.45) is 5.41 Å². The van der Waals surface area contributed by atoms with Crippen LogP contribution in [0, 0.1) is 5.41 Å². The first-order chi connectivity index (χ1) is 15.4. The molecule has 3 aromatic rings. The minimum Gasteiger partial charge on any atom is -0.392 e. The Bertz CT molecular complexity index is 1140. The Kier molecular flexibility index (Phi) is 5.61. The van der Waals surface area contributed by atoms with Gasteiger partial charge in [0, 0.05) is 36.8 Å². The van der Waals surface area contributed by atoms with Gasteiger partial charge in [0.25, 0.3) is 0 Å². The van der Waals surface area contributed by atoms with Gasteiger partial charge in [0.2, 0.25) is 0 Å². The number of aromatic nitrogens is 1. The lowest BCUT2D eigenvalue weighted by molar-refractivity contribution is 0.0918. The topological polar surface area (TPSA) is 62.7 Å². The fraction of sp³-hybridized carbons (Fsp3) is 0.385. The van der Waals surface area contributed by atoms with Crippen LogP contribution in [0.3, 0.4) is 0 Å². The predicted octanol–water partition coefficient (Wildman–Crippen LogP) is 4.96. The molecule has 3 heterocycles. The maximum absolute atomic E-state index is 13.1. The molecule has 6 heteroatoms. The van der Waals surface area contributed by atoms with Crippen molar-refractivity contribution in [1.82, 2.24) is 4.98 Å². The maximum atomic E-state index is 13.1. The van der Waals surface area contributed by atoms with Gasteiger partial charge in [-0.05, 0) is 40.7 Å². The molecule has 0 unspecified atom stereocenters. The van der Waals surface area contributed by atoms with Crippen molar-refractivity contribution in [3.05, 3.63) is 58.6 Å². The summed E-state index contributed by atoms with van der Waals surface area (Å²) in [5, 5.41) is 10.5. The first-order valence-electron chi connectivity index (χ1n) is 11.1. The number of carbonyl (C=O) groups excluding carboxylic acids is 1. The Labute approximate surface area is 192 Å². The third kappa shape index (κ3) is 3.98. The summed E-state index contributed by atoms with van der Waals surface area (Å²) in [7, 11) is 0. The van der Waals surface area contributed by atoms with E-state index in [1.54, 1.807) is 11.3 Å². The molecular weight excluding hydrogens is 420 g/mol. The van der Waals surface area contributed by atoms with Gasteiger partial charge in [-0.15, -0.1) is 11.3 Å². The molecule has 0 radical (unpaired) electrons. The Balaban J connectivity index is 1.64. The highest BCUT2D eigenvalue weighted by Crippen LogP contribution is 2.49. The number of ketones is 1. The van der Waals surface area contributed by atoms with Gasteiger partial charge in [-0.25, -0.2) is 0 Å². The average Bonchev–Trinajstić information content (AvgIpc) is 3.18. The first kappa shape index (κ1) is 21.3. The van der Waals surface area contributed by atoms with Crippen LogP contribution >= 0.6 is 11.3 Å². The number of morpholine rings is 1.